The lowest BCUT2D eigenvalue weighted by Gasteiger charge is -2.11. The summed E-state index contributed by atoms with van der Waals surface area (Å²) in [6.07, 6.45) is -4.03. The maximum absolute atomic E-state index is 14.2. The number of hydrogen-bond acceptors (Lipinski definition) is 7. The maximum Gasteiger partial charge on any atom is 0.573 e. The van der Waals surface area contributed by atoms with Crippen LogP contribution in [0, 0.1) is 5.82 Å². The van der Waals surface area contributed by atoms with Crippen molar-refractivity contribution in [3.05, 3.63) is 81.2 Å². The second-order valence-electron chi connectivity index (χ2n) is 7.64. The molecule has 0 unspecified atom stereocenters. The van der Waals surface area contributed by atoms with Crippen LogP contribution < -0.4 is 15.4 Å². The first-order chi connectivity index (χ1) is 17.5. The average molecular weight is 535 g/mol. The maximum atomic E-state index is 14.2. The van der Waals surface area contributed by atoms with Crippen molar-refractivity contribution in [2.45, 2.75) is 26.4 Å². The molecular weight excluding hydrogens is 518 g/mol. The van der Waals surface area contributed by atoms with Gasteiger partial charge < -0.3 is 15.4 Å². The largest absolute Gasteiger partial charge is 0.573 e. The molecule has 0 fully saturated rings. The lowest BCUT2D eigenvalue weighted by molar-refractivity contribution is -0.274. The molecule has 0 saturated carbocycles. The molecule has 0 radical (unpaired) electrons. The fraction of sp³-hybridized carbons (Fsp3) is 0.174. The van der Waals surface area contributed by atoms with E-state index in [1.54, 1.807) is 12.1 Å². The lowest BCUT2D eigenvalue weighted by atomic mass is 10.2. The highest BCUT2D eigenvalue weighted by Gasteiger charge is 2.31. The van der Waals surface area contributed by atoms with E-state index >= 15 is 0 Å². The van der Waals surface area contributed by atoms with Crippen LogP contribution in [-0.2, 0) is 13.1 Å². The molecule has 4 aromatic rings. The topological polar surface area (TPSA) is 115 Å². The third-order valence-electron chi connectivity index (χ3n) is 4.91. The van der Waals surface area contributed by atoms with E-state index in [0.717, 1.165) is 28.9 Å². The van der Waals surface area contributed by atoms with Crippen molar-refractivity contribution in [3.63, 3.8) is 0 Å². The number of alkyl halides is 3. The molecule has 37 heavy (non-hydrogen) atoms. The Morgan fingerprint density at radius 3 is 2.51 bits per heavy atom. The molecule has 0 saturated heterocycles. The minimum absolute atomic E-state index is 0.0716. The molecule has 0 atom stereocenters. The van der Waals surface area contributed by atoms with E-state index in [4.69, 9.17) is 0 Å². The molecule has 192 valence electrons. The Bertz CT molecular complexity index is 1500. The van der Waals surface area contributed by atoms with Gasteiger partial charge in [0.25, 0.3) is 11.8 Å². The van der Waals surface area contributed by atoms with Gasteiger partial charge in [-0.25, -0.2) is 13.9 Å². The average Bonchev–Trinajstić information content (AvgIpc) is 3.47. The summed E-state index contributed by atoms with van der Waals surface area (Å²) in [7, 11) is 0. The van der Waals surface area contributed by atoms with Gasteiger partial charge in [-0.3, -0.25) is 14.4 Å². The monoisotopic (exact) mass is 535 g/mol. The zero-order valence-electron chi connectivity index (χ0n) is 18.9. The zero-order chi connectivity index (χ0) is 26.7. The van der Waals surface area contributed by atoms with Crippen molar-refractivity contribution in [3.8, 4) is 5.75 Å². The number of Topliss-reactive ketones (excluding diaryl/α,β-unsaturated/α-hetero) is 1. The number of nitrogens with zero attached hydrogens (tertiary/aromatic N) is 3. The normalized spacial score (nSPS) is 11.4. The Balaban J connectivity index is 1.51. The summed E-state index contributed by atoms with van der Waals surface area (Å²) >= 11 is 1.21. The number of ether oxygens (including phenoxy) is 1. The first-order valence-electron chi connectivity index (χ1n) is 10.5. The van der Waals surface area contributed by atoms with Crippen LogP contribution in [0.3, 0.4) is 0 Å². The molecule has 3 aromatic heterocycles. The molecule has 4 rings (SSSR count). The van der Waals surface area contributed by atoms with Gasteiger partial charge >= 0.3 is 6.36 Å². The number of thiophene rings is 1. The molecule has 2 N–H and O–H groups in total. The number of fused-ring (bicyclic) bond motifs is 1. The highest BCUT2D eigenvalue weighted by Crippen LogP contribution is 2.23. The van der Waals surface area contributed by atoms with Crippen LogP contribution in [0.15, 0.2) is 48.7 Å². The number of hydrogen-bond donors (Lipinski definition) is 2. The summed E-state index contributed by atoms with van der Waals surface area (Å²) in [5.74, 6) is -2.92. The quantitative estimate of drug-likeness (QED) is 0.261. The number of amides is 2. The first-order valence-corrected chi connectivity index (χ1v) is 11.4. The van der Waals surface area contributed by atoms with Gasteiger partial charge in [-0.1, -0.05) is 12.1 Å². The number of benzene rings is 1. The van der Waals surface area contributed by atoms with E-state index in [1.165, 1.54) is 30.4 Å². The second kappa shape index (κ2) is 10.3. The minimum atomic E-state index is -4.87. The summed E-state index contributed by atoms with van der Waals surface area (Å²) in [4.78, 5) is 42.2. The molecule has 0 bridgehead atoms. The first kappa shape index (κ1) is 25.8. The van der Waals surface area contributed by atoms with Crippen molar-refractivity contribution in [1.82, 2.24) is 25.2 Å². The van der Waals surface area contributed by atoms with Crippen LogP contribution in [0.25, 0.3) is 5.65 Å². The summed E-state index contributed by atoms with van der Waals surface area (Å²) in [5.41, 5.74) is -0.559. The van der Waals surface area contributed by atoms with Crippen molar-refractivity contribution in [2.24, 2.45) is 0 Å². The van der Waals surface area contributed by atoms with Crippen LogP contribution in [-0.4, -0.2) is 38.6 Å². The van der Waals surface area contributed by atoms with E-state index < -0.39 is 29.7 Å². The molecule has 2 amide bonds. The summed E-state index contributed by atoms with van der Waals surface area (Å²) in [5, 5.41) is 8.89. The SMILES string of the molecule is CC(=O)c1ccc(CNC(=O)c2cc(C(=O)NCc3cccc(OC(F)(F)F)c3)nc3c(F)cnn23)s1. The van der Waals surface area contributed by atoms with Crippen LogP contribution in [0.5, 0.6) is 5.75 Å². The predicted octanol–water partition coefficient (Wildman–Crippen LogP) is 3.89. The predicted molar refractivity (Wildman–Crippen MR) is 123 cm³/mol. The number of rotatable bonds is 8. The molecule has 3 heterocycles. The van der Waals surface area contributed by atoms with E-state index in [9.17, 15) is 31.9 Å². The number of carbonyl (C=O) groups is 3. The lowest BCUT2D eigenvalue weighted by Crippen LogP contribution is -2.28. The zero-order valence-corrected chi connectivity index (χ0v) is 19.7. The highest BCUT2D eigenvalue weighted by atomic mass is 32.1. The number of halogens is 4. The van der Waals surface area contributed by atoms with E-state index in [0.29, 0.717) is 15.3 Å². The Morgan fingerprint density at radius 2 is 1.81 bits per heavy atom. The molecule has 0 aliphatic carbocycles. The van der Waals surface area contributed by atoms with Gasteiger partial charge in [0.15, 0.2) is 17.2 Å². The van der Waals surface area contributed by atoms with Gasteiger partial charge in [0, 0.05) is 17.5 Å². The van der Waals surface area contributed by atoms with Gasteiger partial charge in [-0.15, -0.1) is 24.5 Å². The third kappa shape index (κ3) is 6.27. The smallest absolute Gasteiger partial charge is 0.406 e. The van der Waals surface area contributed by atoms with Crippen LogP contribution in [0.1, 0.15) is 48.0 Å². The Hall–Kier alpha value is -4.33. The molecular formula is C23H17F4N5O4S. The molecule has 0 aliphatic rings. The van der Waals surface area contributed by atoms with Crippen molar-refractivity contribution >= 4 is 34.6 Å². The fourth-order valence-corrected chi connectivity index (χ4v) is 4.10. The highest BCUT2D eigenvalue weighted by molar-refractivity contribution is 7.14. The van der Waals surface area contributed by atoms with E-state index in [-0.39, 0.29) is 35.9 Å². The molecule has 9 nitrogen and oxygen atoms in total. The van der Waals surface area contributed by atoms with Crippen molar-refractivity contribution in [1.29, 1.82) is 0 Å². The molecule has 1 aromatic carbocycles. The number of carbonyl (C=O) groups excluding carboxylic acids is 3. The van der Waals surface area contributed by atoms with Crippen LogP contribution in [0.4, 0.5) is 17.6 Å². The standard InChI is InChI=1S/C23H17F4N5O4S/c1-12(33)19-6-5-15(37-19)10-29-22(35)18-8-17(31-20-16(24)11-30-32(18)20)21(34)28-9-13-3-2-4-14(7-13)36-23(25,26)27/h2-8,11H,9-10H2,1H3,(H,28,34)(H,29,35). The number of ketones is 1. The van der Waals surface area contributed by atoms with Crippen LogP contribution >= 0.6 is 11.3 Å². The van der Waals surface area contributed by atoms with E-state index in [1.807, 2.05) is 0 Å². The molecule has 0 aliphatic heterocycles. The summed E-state index contributed by atoms with van der Waals surface area (Å²) < 4.78 is 56.4. The Morgan fingerprint density at radius 1 is 1.05 bits per heavy atom. The Kier molecular flexibility index (Phi) is 7.20. The van der Waals surface area contributed by atoms with Crippen LogP contribution in [0.2, 0.25) is 0 Å². The fourth-order valence-electron chi connectivity index (χ4n) is 3.26. The van der Waals surface area contributed by atoms with Gasteiger partial charge in [0.2, 0.25) is 0 Å². The molecule has 0 spiro atoms. The Labute approximate surface area is 210 Å². The van der Waals surface area contributed by atoms with Gasteiger partial charge in [-0.2, -0.15) is 5.10 Å². The van der Waals surface area contributed by atoms with Gasteiger partial charge in [0.1, 0.15) is 17.1 Å². The van der Waals surface area contributed by atoms with Gasteiger partial charge in [-0.05, 0) is 36.8 Å². The second-order valence-corrected chi connectivity index (χ2v) is 8.81. The van der Waals surface area contributed by atoms with E-state index in [2.05, 4.69) is 25.5 Å². The van der Waals surface area contributed by atoms with Gasteiger partial charge in [0.05, 0.1) is 17.6 Å². The summed E-state index contributed by atoms with van der Waals surface area (Å²) in [6.45, 7) is 1.30. The minimum Gasteiger partial charge on any atom is -0.406 e. The third-order valence-corrected chi connectivity index (χ3v) is 6.10. The van der Waals surface area contributed by atoms with Crippen molar-refractivity contribution in [2.75, 3.05) is 0 Å². The summed E-state index contributed by atoms with van der Waals surface area (Å²) in [6, 6.07) is 9.44. The van der Waals surface area contributed by atoms with Crippen molar-refractivity contribution < 1.29 is 36.7 Å². The number of nitrogens with one attached hydrogen (secondary N) is 2. The number of aromatic nitrogens is 3. The molecule has 14 heteroatoms.